The number of rotatable bonds is 10. The number of aliphatic hydroxyl groups is 1. The van der Waals surface area contributed by atoms with Gasteiger partial charge in [0, 0.05) is 11.5 Å². The van der Waals surface area contributed by atoms with E-state index in [0.717, 1.165) is 28.4 Å². The van der Waals surface area contributed by atoms with Crippen molar-refractivity contribution in [3.05, 3.63) is 47.2 Å². The van der Waals surface area contributed by atoms with Crippen LogP contribution in [-0.2, 0) is 19.2 Å². The van der Waals surface area contributed by atoms with Gasteiger partial charge in [0.05, 0.1) is 5.75 Å². The second-order valence-corrected chi connectivity index (χ2v) is 10.4. The Hall–Kier alpha value is -3.01. The number of amides is 2. The van der Waals surface area contributed by atoms with Crippen molar-refractivity contribution in [1.82, 2.24) is 25.4 Å². The monoisotopic (exact) mass is 537 g/mol. The van der Waals surface area contributed by atoms with Crippen molar-refractivity contribution in [2.24, 2.45) is 0 Å². The van der Waals surface area contributed by atoms with Crippen LogP contribution in [0.3, 0.4) is 0 Å². The van der Waals surface area contributed by atoms with E-state index in [-0.39, 0.29) is 17.2 Å². The summed E-state index contributed by atoms with van der Waals surface area (Å²) in [7, 11) is 0. The maximum Gasteiger partial charge on any atom is 0.352 e. The van der Waals surface area contributed by atoms with Crippen molar-refractivity contribution < 1.29 is 34.5 Å². The molecule has 12 nitrogen and oxygen atoms in total. The van der Waals surface area contributed by atoms with Crippen LogP contribution in [0.2, 0.25) is 0 Å². The highest BCUT2D eigenvalue weighted by Gasteiger charge is 2.54. The van der Waals surface area contributed by atoms with Crippen molar-refractivity contribution in [3.8, 4) is 0 Å². The Labute approximate surface area is 210 Å². The van der Waals surface area contributed by atoms with Crippen LogP contribution in [-0.4, -0.2) is 87.8 Å². The van der Waals surface area contributed by atoms with Crippen molar-refractivity contribution in [2.75, 3.05) is 17.3 Å². The Balaban J connectivity index is 1.40. The third-order valence-electron chi connectivity index (χ3n) is 5.06. The van der Waals surface area contributed by atoms with Gasteiger partial charge in [-0.1, -0.05) is 53.9 Å². The molecule has 0 radical (unpaired) electrons. The molecule has 0 spiro atoms. The molecule has 0 aliphatic carbocycles. The first-order valence-electron chi connectivity index (χ1n) is 10.1. The number of fused-ring (bicyclic) bond motifs is 1. The van der Waals surface area contributed by atoms with Crippen LogP contribution < -0.4 is 5.32 Å². The van der Waals surface area contributed by atoms with Gasteiger partial charge in [0.1, 0.15) is 17.1 Å². The van der Waals surface area contributed by atoms with E-state index < -0.39 is 41.3 Å². The fourth-order valence-corrected chi connectivity index (χ4v) is 6.32. The number of H-pyrrole nitrogens is 1. The molecule has 1 saturated heterocycles. The zero-order valence-corrected chi connectivity index (χ0v) is 20.2. The molecular weight excluding hydrogens is 518 g/mol. The highest BCUT2D eigenvalue weighted by Crippen LogP contribution is 2.41. The third-order valence-corrected chi connectivity index (χ3v) is 8.18. The zero-order valence-electron chi connectivity index (χ0n) is 17.8. The van der Waals surface area contributed by atoms with E-state index in [1.165, 1.54) is 11.8 Å². The SMILES string of the molecule is O=C(O)CSc1nc(SCC2=C(C(=O)O)N3C(=O)C(NC(=O)[C@H](O)c4ccccc4)[C@H]3SC2)n[nH]1. The van der Waals surface area contributed by atoms with Crippen LogP contribution in [0.5, 0.6) is 0 Å². The summed E-state index contributed by atoms with van der Waals surface area (Å²) in [6, 6.07) is 7.33. The smallest absolute Gasteiger partial charge is 0.352 e. The lowest BCUT2D eigenvalue weighted by molar-refractivity contribution is -0.151. The number of aromatic amines is 1. The Kier molecular flexibility index (Phi) is 7.69. The molecule has 35 heavy (non-hydrogen) atoms. The van der Waals surface area contributed by atoms with Gasteiger partial charge in [-0.15, -0.1) is 16.9 Å². The van der Waals surface area contributed by atoms with Gasteiger partial charge >= 0.3 is 11.9 Å². The molecule has 0 saturated carbocycles. The lowest BCUT2D eigenvalue weighted by atomic mass is 10.0. The van der Waals surface area contributed by atoms with E-state index in [1.54, 1.807) is 30.3 Å². The van der Waals surface area contributed by atoms with Crippen molar-refractivity contribution in [1.29, 1.82) is 0 Å². The third kappa shape index (κ3) is 5.47. The van der Waals surface area contributed by atoms with Gasteiger partial charge in [-0.05, 0) is 11.1 Å². The van der Waals surface area contributed by atoms with Crippen molar-refractivity contribution >= 4 is 59.0 Å². The first kappa shape index (κ1) is 25.1. The average molecular weight is 538 g/mol. The second kappa shape index (κ2) is 10.7. The molecule has 0 bridgehead atoms. The molecule has 2 aliphatic heterocycles. The number of carboxylic acid groups (broad SMARTS) is 2. The van der Waals surface area contributed by atoms with Crippen molar-refractivity contribution in [2.45, 2.75) is 27.8 Å². The Morgan fingerprint density at radius 2 is 1.97 bits per heavy atom. The van der Waals surface area contributed by atoms with Crippen LogP contribution in [0.1, 0.15) is 11.7 Å². The number of nitrogens with one attached hydrogen (secondary N) is 2. The van der Waals surface area contributed by atoms with Gasteiger partial charge in [0.15, 0.2) is 11.3 Å². The summed E-state index contributed by atoms with van der Waals surface area (Å²) < 4.78 is 0. The van der Waals surface area contributed by atoms with E-state index >= 15 is 0 Å². The quantitative estimate of drug-likeness (QED) is 0.210. The van der Waals surface area contributed by atoms with Crippen LogP contribution in [0, 0.1) is 0 Å². The number of aliphatic hydroxyl groups excluding tert-OH is 1. The maximum absolute atomic E-state index is 12.8. The van der Waals surface area contributed by atoms with Gasteiger partial charge in [-0.3, -0.25) is 24.4 Å². The summed E-state index contributed by atoms with van der Waals surface area (Å²) in [6.07, 6.45) is -1.45. The minimum absolute atomic E-state index is 0.142. The molecule has 3 atom stereocenters. The molecule has 1 unspecified atom stereocenters. The molecule has 2 amide bonds. The highest BCUT2D eigenvalue weighted by molar-refractivity contribution is 8.01. The summed E-state index contributed by atoms with van der Waals surface area (Å²) in [5, 5.41) is 38.0. The standard InChI is InChI=1S/C20H19N5O7S3/c26-11(27)8-35-20-22-19(23-24-20)34-7-10-6-33-17-12(16(30)25(17)13(10)18(31)32)21-15(29)14(28)9-4-2-1-3-5-9/h1-5,12,14,17,28H,6-8H2,(H,21,29)(H,26,27)(H,31,32)(H,22,23,24)/t12?,14-,17-/m1/s1. The number of nitrogens with zero attached hydrogens (tertiary/aromatic N) is 3. The van der Waals surface area contributed by atoms with Crippen LogP contribution >= 0.6 is 35.3 Å². The summed E-state index contributed by atoms with van der Waals surface area (Å²) >= 11 is 3.44. The maximum atomic E-state index is 12.8. The van der Waals surface area contributed by atoms with Crippen LogP contribution in [0.4, 0.5) is 0 Å². The molecule has 3 heterocycles. The Morgan fingerprint density at radius 3 is 2.66 bits per heavy atom. The summed E-state index contributed by atoms with van der Waals surface area (Å²) in [5.41, 5.74) is 0.735. The first-order valence-corrected chi connectivity index (χ1v) is 13.1. The fourth-order valence-electron chi connectivity index (χ4n) is 3.46. The summed E-state index contributed by atoms with van der Waals surface area (Å²) in [4.78, 5) is 53.2. The number of carbonyl (C=O) groups is 4. The predicted octanol–water partition coefficient (Wildman–Crippen LogP) is 0.546. The molecule has 1 aromatic carbocycles. The molecule has 5 N–H and O–H groups in total. The number of β-lactam (4-membered cyclic amide) rings is 1. The predicted molar refractivity (Wildman–Crippen MR) is 127 cm³/mol. The van der Waals surface area contributed by atoms with E-state index in [1.807, 2.05) is 0 Å². The lowest BCUT2D eigenvalue weighted by Gasteiger charge is -2.49. The molecular formula is C20H19N5O7S3. The molecule has 2 aromatic rings. The number of carbonyl (C=O) groups excluding carboxylic acids is 2. The lowest BCUT2D eigenvalue weighted by Crippen LogP contribution is -2.70. The highest BCUT2D eigenvalue weighted by atomic mass is 32.2. The van der Waals surface area contributed by atoms with Crippen LogP contribution in [0.25, 0.3) is 0 Å². The van der Waals surface area contributed by atoms with E-state index in [9.17, 15) is 29.4 Å². The largest absolute Gasteiger partial charge is 0.481 e. The van der Waals surface area contributed by atoms with Crippen molar-refractivity contribution in [3.63, 3.8) is 0 Å². The van der Waals surface area contributed by atoms with E-state index in [4.69, 9.17) is 5.11 Å². The topological polar surface area (TPSA) is 186 Å². The van der Waals surface area contributed by atoms with Gasteiger partial charge in [0.2, 0.25) is 5.16 Å². The number of benzene rings is 1. The minimum Gasteiger partial charge on any atom is -0.481 e. The molecule has 15 heteroatoms. The van der Waals surface area contributed by atoms with Gasteiger partial charge in [-0.25, -0.2) is 4.79 Å². The Bertz CT molecular complexity index is 1190. The van der Waals surface area contributed by atoms with Gasteiger partial charge in [-0.2, -0.15) is 4.98 Å². The second-order valence-electron chi connectivity index (χ2n) is 7.36. The molecule has 4 rings (SSSR count). The number of hydrogen-bond acceptors (Lipinski definition) is 10. The normalized spacial score (nSPS) is 20.1. The van der Waals surface area contributed by atoms with E-state index in [2.05, 4.69) is 20.5 Å². The summed E-state index contributed by atoms with van der Waals surface area (Å²) in [5.74, 6) is -3.23. The average Bonchev–Trinajstić information content (AvgIpc) is 3.31. The molecule has 1 aromatic heterocycles. The first-order chi connectivity index (χ1) is 16.8. The Morgan fingerprint density at radius 1 is 1.23 bits per heavy atom. The van der Waals surface area contributed by atoms with Gasteiger partial charge < -0.3 is 20.6 Å². The number of carboxylic acids is 2. The number of aliphatic carboxylic acids is 2. The number of hydrogen-bond donors (Lipinski definition) is 5. The van der Waals surface area contributed by atoms with E-state index in [0.29, 0.717) is 27.2 Å². The number of aromatic nitrogens is 3. The van der Waals surface area contributed by atoms with Crippen LogP contribution in [0.15, 0.2) is 51.9 Å². The molecule has 184 valence electrons. The number of thioether (sulfide) groups is 3. The molecule has 2 aliphatic rings. The zero-order chi connectivity index (χ0) is 25.1. The van der Waals surface area contributed by atoms with Gasteiger partial charge in [0.25, 0.3) is 11.8 Å². The minimum atomic E-state index is -1.45. The molecule has 1 fully saturated rings. The summed E-state index contributed by atoms with van der Waals surface area (Å²) in [6.45, 7) is 0. The fraction of sp³-hybridized carbons (Fsp3) is 0.300.